The number of ether oxygens (including phenoxy) is 1. The summed E-state index contributed by atoms with van der Waals surface area (Å²) in [4.78, 5) is 23.0. The lowest BCUT2D eigenvalue weighted by atomic mass is 10.1. The zero-order valence-electron chi connectivity index (χ0n) is 12.1. The molecule has 0 amide bonds. The third-order valence-electron chi connectivity index (χ3n) is 3.52. The van der Waals surface area contributed by atoms with Gasteiger partial charge < -0.3 is 14.6 Å². The molecule has 0 atom stereocenters. The molecule has 1 aromatic rings. The Hall–Kier alpha value is -1.56. The van der Waals surface area contributed by atoms with Gasteiger partial charge in [-0.25, -0.2) is 4.98 Å². The van der Waals surface area contributed by atoms with Gasteiger partial charge in [-0.2, -0.15) is 0 Å². The highest BCUT2D eigenvalue weighted by Gasteiger charge is 2.27. The Morgan fingerprint density at radius 2 is 1.89 bits per heavy atom. The standard InChI is InChI=1S/C13H22N4O2/c1-13(2,3)17-7-5-16(6-8-17)11-10(19-4)12(18)15-9-14-11/h9H,5-8H2,1-4H3,(H,14,15,18). The first kappa shape index (κ1) is 13.9. The number of methoxy groups -OCH3 is 1. The second kappa shape index (κ2) is 5.21. The first-order valence-corrected chi connectivity index (χ1v) is 6.55. The van der Waals surface area contributed by atoms with Crippen LogP contribution >= 0.6 is 0 Å². The van der Waals surface area contributed by atoms with Crippen LogP contribution in [0.5, 0.6) is 5.75 Å². The number of rotatable bonds is 2. The Kier molecular flexibility index (Phi) is 3.80. The third-order valence-corrected chi connectivity index (χ3v) is 3.52. The molecule has 106 valence electrons. The Balaban J connectivity index is 2.14. The number of aromatic amines is 1. The fraction of sp³-hybridized carbons (Fsp3) is 0.692. The van der Waals surface area contributed by atoms with Crippen LogP contribution in [0.3, 0.4) is 0 Å². The lowest BCUT2D eigenvalue weighted by Gasteiger charge is -2.42. The number of hydrogen-bond donors (Lipinski definition) is 1. The maximum atomic E-state index is 11.7. The van der Waals surface area contributed by atoms with Crippen LogP contribution in [0.1, 0.15) is 20.8 Å². The van der Waals surface area contributed by atoms with Gasteiger partial charge in [-0.3, -0.25) is 9.69 Å². The lowest BCUT2D eigenvalue weighted by molar-refractivity contribution is 0.128. The summed E-state index contributed by atoms with van der Waals surface area (Å²) in [7, 11) is 1.50. The van der Waals surface area contributed by atoms with Gasteiger partial charge in [-0.1, -0.05) is 0 Å². The molecule has 2 rings (SSSR count). The Bertz CT molecular complexity index is 484. The number of piperazine rings is 1. The summed E-state index contributed by atoms with van der Waals surface area (Å²) in [5.74, 6) is 0.937. The molecular weight excluding hydrogens is 244 g/mol. The summed E-state index contributed by atoms with van der Waals surface area (Å²) in [5.41, 5.74) is -0.0524. The first-order chi connectivity index (χ1) is 8.93. The monoisotopic (exact) mass is 266 g/mol. The van der Waals surface area contributed by atoms with E-state index in [9.17, 15) is 4.79 Å². The van der Waals surface area contributed by atoms with E-state index in [1.165, 1.54) is 13.4 Å². The number of H-pyrrole nitrogens is 1. The predicted octanol–water partition coefficient (Wildman–Crippen LogP) is 0.699. The van der Waals surface area contributed by atoms with E-state index in [0.29, 0.717) is 11.6 Å². The second-order valence-electron chi connectivity index (χ2n) is 5.73. The van der Waals surface area contributed by atoms with E-state index in [4.69, 9.17) is 4.74 Å². The van der Waals surface area contributed by atoms with Crippen LogP contribution in [0.15, 0.2) is 11.1 Å². The van der Waals surface area contributed by atoms with Crippen molar-refractivity contribution in [1.29, 1.82) is 0 Å². The smallest absolute Gasteiger partial charge is 0.295 e. The molecule has 1 saturated heterocycles. The van der Waals surface area contributed by atoms with Crippen LogP contribution in [0, 0.1) is 0 Å². The van der Waals surface area contributed by atoms with Gasteiger partial charge in [-0.05, 0) is 20.8 Å². The number of anilines is 1. The highest BCUT2D eigenvalue weighted by Crippen LogP contribution is 2.23. The summed E-state index contributed by atoms with van der Waals surface area (Å²) < 4.78 is 5.16. The fourth-order valence-electron chi connectivity index (χ4n) is 2.38. The Morgan fingerprint density at radius 3 is 2.42 bits per heavy atom. The fourth-order valence-corrected chi connectivity index (χ4v) is 2.38. The third kappa shape index (κ3) is 2.89. The van der Waals surface area contributed by atoms with Gasteiger partial charge in [0.15, 0.2) is 5.82 Å². The minimum Gasteiger partial charge on any atom is -0.489 e. The van der Waals surface area contributed by atoms with E-state index in [0.717, 1.165) is 26.2 Å². The summed E-state index contributed by atoms with van der Waals surface area (Å²) >= 11 is 0. The molecule has 0 bridgehead atoms. The van der Waals surface area contributed by atoms with Crippen molar-refractivity contribution in [2.45, 2.75) is 26.3 Å². The van der Waals surface area contributed by atoms with E-state index in [1.807, 2.05) is 0 Å². The molecule has 2 heterocycles. The highest BCUT2D eigenvalue weighted by molar-refractivity contribution is 5.51. The van der Waals surface area contributed by atoms with Crippen LogP contribution in [0.4, 0.5) is 5.82 Å². The van der Waals surface area contributed by atoms with E-state index in [1.54, 1.807) is 0 Å². The minimum atomic E-state index is -0.231. The van der Waals surface area contributed by atoms with Crippen molar-refractivity contribution in [3.63, 3.8) is 0 Å². The average Bonchev–Trinajstić information content (AvgIpc) is 2.37. The van der Waals surface area contributed by atoms with Crippen molar-refractivity contribution in [3.8, 4) is 5.75 Å². The molecule has 19 heavy (non-hydrogen) atoms. The zero-order chi connectivity index (χ0) is 14.0. The molecule has 0 radical (unpaired) electrons. The minimum absolute atomic E-state index is 0.178. The molecule has 1 aliphatic heterocycles. The second-order valence-corrected chi connectivity index (χ2v) is 5.73. The number of aromatic nitrogens is 2. The Morgan fingerprint density at radius 1 is 1.26 bits per heavy atom. The van der Waals surface area contributed by atoms with Gasteiger partial charge in [0.25, 0.3) is 5.56 Å². The molecule has 1 aromatic heterocycles. The van der Waals surface area contributed by atoms with Gasteiger partial charge in [0.1, 0.15) is 0 Å². The molecule has 1 N–H and O–H groups in total. The lowest BCUT2D eigenvalue weighted by Crippen LogP contribution is -2.53. The van der Waals surface area contributed by atoms with Gasteiger partial charge in [0, 0.05) is 31.7 Å². The van der Waals surface area contributed by atoms with Crippen molar-refractivity contribution >= 4 is 5.82 Å². The molecule has 0 aliphatic carbocycles. The molecule has 0 unspecified atom stereocenters. The SMILES string of the molecule is COc1c(N2CCN(C(C)(C)C)CC2)nc[nH]c1=O. The van der Waals surface area contributed by atoms with E-state index >= 15 is 0 Å². The first-order valence-electron chi connectivity index (χ1n) is 6.55. The molecule has 0 aromatic carbocycles. The maximum absolute atomic E-state index is 11.7. The van der Waals surface area contributed by atoms with Gasteiger partial charge in [0.2, 0.25) is 5.75 Å². The van der Waals surface area contributed by atoms with Gasteiger partial charge in [-0.15, -0.1) is 0 Å². The van der Waals surface area contributed by atoms with Crippen molar-refractivity contribution in [3.05, 3.63) is 16.7 Å². The highest BCUT2D eigenvalue weighted by atomic mass is 16.5. The van der Waals surface area contributed by atoms with Crippen molar-refractivity contribution in [2.75, 3.05) is 38.2 Å². The normalized spacial score (nSPS) is 17.6. The van der Waals surface area contributed by atoms with E-state index in [-0.39, 0.29) is 11.1 Å². The molecule has 0 spiro atoms. The molecule has 1 fully saturated rings. The molecule has 6 nitrogen and oxygen atoms in total. The van der Waals surface area contributed by atoms with Crippen LogP contribution in [0.2, 0.25) is 0 Å². The summed E-state index contributed by atoms with van der Waals surface area (Å²) in [6.45, 7) is 10.3. The van der Waals surface area contributed by atoms with Gasteiger partial charge in [0.05, 0.1) is 13.4 Å². The molecule has 6 heteroatoms. The summed E-state index contributed by atoms with van der Waals surface area (Å²) in [6.07, 6.45) is 1.43. The van der Waals surface area contributed by atoms with Gasteiger partial charge >= 0.3 is 0 Å². The Labute approximate surface area is 113 Å². The van der Waals surface area contributed by atoms with Crippen LogP contribution in [-0.2, 0) is 0 Å². The predicted molar refractivity (Wildman–Crippen MR) is 74.9 cm³/mol. The van der Waals surface area contributed by atoms with E-state index < -0.39 is 0 Å². The summed E-state index contributed by atoms with van der Waals surface area (Å²) in [5, 5.41) is 0. The quantitative estimate of drug-likeness (QED) is 0.854. The average molecular weight is 266 g/mol. The number of nitrogens with zero attached hydrogens (tertiary/aromatic N) is 3. The zero-order valence-corrected chi connectivity index (χ0v) is 12.1. The van der Waals surface area contributed by atoms with Crippen LogP contribution < -0.4 is 15.2 Å². The largest absolute Gasteiger partial charge is 0.489 e. The van der Waals surface area contributed by atoms with Crippen LogP contribution in [-0.4, -0.2) is 53.7 Å². The molecule has 1 aliphatic rings. The molecular formula is C13H22N4O2. The number of nitrogens with one attached hydrogen (secondary N) is 1. The summed E-state index contributed by atoms with van der Waals surface area (Å²) in [6, 6.07) is 0. The van der Waals surface area contributed by atoms with Crippen molar-refractivity contribution < 1.29 is 4.74 Å². The van der Waals surface area contributed by atoms with Crippen molar-refractivity contribution in [2.24, 2.45) is 0 Å². The topological polar surface area (TPSA) is 61.5 Å². The maximum Gasteiger partial charge on any atom is 0.295 e. The van der Waals surface area contributed by atoms with Crippen LogP contribution in [0.25, 0.3) is 0 Å². The molecule has 0 saturated carbocycles. The van der Waals surface area contributed by atoms with E-state index in [2.05, 4.69) is 40.5 Å². The van der Waals surface area contributed by atoms with Crippen molar-refractivity contribution in [1.82, 2.24) is 14.9 Å². The number of hydrogen-bond acceptors (Lipinski definition) is 5.